The van der Waals surface area contributed by atoms with Gasteiger partial charge in [0.2, 0.25) is 5.91 Å². The Hall–Kier alpha value is -1.84. The van der Waals surface area contributed by atoms with Crippen molar-refractivity contribution in [2.45, 2.75) is 33.1 Å². The quantitative estimate of drug-likeness (QED) is 0.837. The highest BCUT2D eigenvalue weighted by Crippen LogP contribution is 2.17. The Balaban J connectivity index is 1.78. The van der Waals surface area contributed by atoms with Gasteiger partial charge in [0.25, 0.3) is 0 Å². The van der Waals surface area contributed by atoms with Crippen LogP contribution in [0.2, 0.25) is 0 Å². The third-order valence-electron chi connectivity index (χ3n) is 3.94. The number of ketones is 1. The van der Waals surface area contributed by atoms with Crippen molar-refractivity contribution < 1.29 is 14.3 Å². The highest BCUT2D eigenvalue weighted by Gasteiger charge is 2.28. The third-order valence-corrected chi connectivity index (χ3v) is 3.94. The summed E-state index contributed by atoms with van der Waals surface area (Å²) in [7, 11) is 0. The van der Waals surface area contributed by atoms with Gasteiger partial charge in [0, 0.05) is 25.4 Å². The number of aryl methyl sites for hydroxylation is 1. The SMILES string of the molecule is CCC1CN(C(=O)CCOc2cccc(C)c2)CCC1=O. The molecule has 1 aromatic rings. The van der Waals surface area contributed by atoms with E-state index in [1.165, 1.54) is 0 Å². The van der Waals surface area contributed by atoms with Crippen LogP contribution in [0.5, 0.6) is 5.75 Å². The van der Waals surface area contributed by atoms with Gasteiger partial charge in [0.1, 0.15) is 11.5 Å². The molecular formula is C17H23NO3. The second-order valence-electron chi connectivity index (χ2n) is 5.58. The van der Waals surface area contributed by atoms with E-state index in [1.807, 2.05) is 38.1 Å². The predicted molar refractivity (Wildman–Crippen MR) is 81.3 cm³/mol. The molecule has 114 valence electrons. The summed E-state index contributed by atoms with van der Waals surface area (Å²) in [5.41, 5.74) is 1.14. The van der Waals surface area contributed by atoms with Gasteiger partial charge in [-0.3, -0.25) is 9.59 Å². The molecular weight excluding hydrogens is 266 g/mol. The standard InChI is InChI=1S/C17H23NO3/c1-3-14-12-18(9-7-16(14)19)17(20)8-10-21-15-6-4-5-13(2)11-15/h4-6,11,14H,3,7-10,12H2,1-2H3. The topological polar surface area (TPSA) is 46.6 Å². The van der Waals surface area contributed by atoms with Crippen LogP contribution in [0.3, 0.4) is 0 Å². The zero-order chi connectivity index (χ0) is 15.2. The van der Waals surface area contributed by atoms with Gasteiger partial charge in [0.05, 0.1) is 13.0 Å². The molecule has 1 unspecified atom stereocenters. The summed E-state index contributed by atoms with van der Waals surface area (Å²) in [6.45, 7) is 5.51. The van der Waals surface area contributed by atoms with E-state index in [0.717, 1.165) is 17.7 Å². The van der Waals surface area contributed by atoms with Crippen LogP contribution >= 0.6 is 0 Å². The number of likely N-dealkylation sites (tertiary alicyclic amines) is 1. The number of hydrogen-bond donors (Lipinski definition) is 0. The van der Waals surface area contributed by atoms with E-state index in [0.29, 0.717) is 32.5 Å². The van der Waals surface area contributed by atoms with Gasteiger partial charge in [-0.05, 0) is 31.0 Å². The summed E-state index contributed by atoms with van der Waals surface area (Å²) in [5.74, 6) is 1.18. The van der Waals surface area contributed by atoms with Crippen LogP contribution < -0.4 is 4.74 Å². The van der Waals surface area contributed by atoms with Gasteiger partial charge < -0.3 is 9.64 Å². The normalized spacial score (nSPS) is 18.7. The number of Topliss-reactive ketones (excluding diaryl/α,β-unsaturated/α-hetero) is 1. The Morgan fingerprint density at radius 1 is 1.43 bits per heavy atom. The van der Waals surface area contributed by atoms with E-state index in [4.69, 9.17) is 4.74 Å². The van der Waals surface area contributed by atoms with Crippen molar-refractivity contribution in [3.8, 4) is 5.75 Å². The van der Waals surface area contributed by atoms with Crippen LogP contribution in [0.25, 0.3) is 0 Å². The van der Waals surface area contributed by atoms with Gasteiger partial charge in [-0.25, -0.2) is 0 Å². The lowest BCUT2D eigenvalue weighted by atomic mass is 9.94. The van der Waals surface area contributed by atoms with Gasteiger partial charge in [-0.2, -0.15) is 0 Å². The summed E-state index contributed by atoms with van der Waals surface area (Å²) < 4.78 is 5.61. The summed E-state index contributed by atoms with van der Waals surface area (Å²) in [4.78, 5) is 25.6. The van der Waals surface area contributed by atoms with Crippen molar-refractivity contribution in [1.82, 2.24) is 4.90 Å². The molecule has 1 aliphatic heterocycles. The summed E-state index contributed by atoms with van der Waals surface area (Å²) in [6.07, 6.45) is 1.66. The number of carbonyl (C=O) groups is 2. The van der Waals surface area contributed by atoms with Crippen molar-refractivity contribution >= 4 is 11.7 Å². The first-order valence-corrected chi connectivity index (χ1v) is 7.60. The van der Waals surface area contributed by atoms with Crippen molar-refractivity contribution in [2.75, 3.05) is 19.7 Å². The molecule has 1 fully saturated rings. The number of hydrogen-bond acceptors (Lipinski definition) is 3. The lowest BCUT2D eigenvalue weighted by Crippen LogP contribution is -2.44. The molecule has 0 saturated carbocycles. The summed E-state index contributed by atoms with van der Waals surface area (Å²) >= 11 is 0. The molecule has 0 radical (unpaired) electrons. The van der Waals surface area contributed by atoms with Crippen LogP contribution in [0.4, 0.5) is 0 Å². The Morgan fingerprint density at radius 3 is 2.95 bits per heavy atom. The Bertz CT molecular complexity index is 513. The van der Waals surface area contributed by atoms with Crippen LogP contribution in [-0.4, -0.2) is 36.3 Å². The number of carbonyl (C=O) groups excluding carboxylic acids is 2. The van der Waals surface area contributed by atoms with Crippen molar-refractivity contribution in [2.24, 2.45) is 5.92 Å². The molecule has 4 heteroatoms. The molecule has 1 saturated heterocycles. The summed E-state index contributed by atoms with van der Waals surface area (Å²) in [6, 6.07) is 7.80. The van der Waals surface area contributed by atoms with Gasteiger partial charge in [-0.15, -0.1) is 0 Å². The highest BCUT2D eigenvalue weighted by molar-refractivity contribution is 5.85. The fraction of sp³-hybridized carbons (Fsp3) is 0.529. The van der Waals surface area contributed by atoms with Crippen LogP contribution in [0.1, 0.15) is 31.7 Å². The van der Waals surface area contributed by atoms with Crippen LogP contribution in [0.15, 0.2) is 24.3 Å². The van der Waals surface area contributed by atoms with Crippen LogP contribution in [-0.2, 0) is 9.59 Å². The molecule has 1 atom stereocenters. The summed E-state index contributed by atoms with van der Waals surface area (Å²) in [5, 5.41) is 0. The largest absolute Gasteiger partial charge is 0.493 e. The van der Waals surface area contributed by atoms with E-state index in [1.54, 1.807) is 4.90 Å². The van der Waals surface area contributed by atoms with E-state index in [2.05, 4.69) is 0 Å². The highest BCUT2D eigenvalue weighted by atomic mass is 16.5. The Kier molecular flexibility index (Phi) is 5.37. The minimum atomic E-state index is 0.0143. The second-order valence-corrected chi connectivity index (χ2v) is 5.58. The lowest BCUT2D eigenvalue weighted by molar-refractivity contribution is -0.137. The number of benzene rings is 1. The molecule has 0 aliphatic carbocycles. The average Bonchev–Trinajstić information content (AvgIpc) is 2.47. The van der Waals surface area contributed by atoms with Crippen molar-refractivity contribution in [3.63, 3.8) is 0 Å². The maximum atomic E-state index is 12.2. The molecule has 1 aliphatic rings. The van der Waals surface area contributed by atoms with E-state index < -0.39 is 0 Å². The van der Waals surface area contributed by atoms with Crippen molar-refractivity contribution in [3.05, 3.63) is 29.8 Å². The molecule has 2 rings (SSSR count). The number of ether oxygens (including phenoxy) is 1. The smallest absolute Gasteiger partial charge is 0.226 e. The van der Waals surface area contributed by atoms with Gasteiger partial charge in [0.15, 0.2) is 0 Å². The van der Waals surface area contributed by atoms with E-state index >= 15 is 0 Å². The molecule has 0 N–H and O–H groups in total. The number of nitrogens with zero attached hydrogens (tertiary/aromatic N) is 1. The molecule has 0 bridgehead atoms. The zero-order valence-electron chi connectivity index (χ0n) is 12.8. The molecule has 0 aromatic heterocycles. The number of amides is 1. The molecule has 1 amide bonds. The zero-order valence-corrected chi connectivity index (χ0v) is 12.8. The fourth-order valence-corrected chi connectivity index (χ4v) is 2.61. The first-order chi connectivity index (χ1) is 10.1. The molecule has 21 heavy (non-hydrogen) atoms. The van der Waals surface area contributed by atoms with Gasteiger partial charge >= 0.3 is 0 Å². The lowest BCUT2D eigenvalue weighted by Gasteiger charge is -2.31. The number of rotatable bonds is 5. The predicted octanol–water partition coefficient (Wildman–Crippen LogP) is 2.59. The second kappa shape index (κ2) is 7.25. The number of piperidine rings is 1. The molecule has 1 aromatic carbocycles. The third kappa shape index (κ3) is 4.31. The van der Waals surface area contributed by atoms with Crippen LogP contribution in [0, 0.1) is 12.8 Å². The van der Waals surface area contributed by atoms with E-state index in [-0.39, 0.29) is 17.6 Å². The first-order valence-electron chi connectivity index (χ1n) is 7.60. The molecule has 0 spiro atoms. The first kappa shape index (κ1) is 15.5. The maximum Gasteiger partial charge on any atom is 0.226 e. The Morgan fingerprint density at radius 2 is 2.24 bits per heavy atom. The van der Waals surface area contributed by atoms with Crippen molar-refractivity contribution in [1.29, 1.82) is 0 Å². The monoisotopic (exact) mass is 289 g/mol. The minimum Gasteiger partial charge on any atom is -0.493 e. The van der Waals surface area contributed by atoms with Gasteiger partial charge in [-0.1, -0.05) is 19.1 Å². The molecule has 1 heterocycles. The Labute approximate surface area is 126 Å². The minimum absolute atomic E-state index is 0.0143. The fourth-order valence-electron chi connectivity index (χ4n) is 2.61. The average molecular weight is 289 g/mol. The maximum absolute atomic E-state index is 12.2. The molecule has 4 nitrogen and oxygen atoms in total. The van der Waals surface area contributed by atoms with E-state index in [9.17, 15) is 9.59 Å².